The van der Waals surface area contributed by atoms with Crippen molar-refractivity contribution in [1.82, 2.24) is 0 Å². The van der Waals surface area contributed by atoms with Crippen molar-refractivity contribution in [3.05, 3.63) is 28.8 Å². The zero-order valence-corrected chi connectivity index (χ0v) is 12.5. The van der Waals surface area contributed by atoms with Crippen molar-refractivity contribution in [2.45, 2.75) is 46.7 Å². The highest BCUT2D eigenvalue weighted by Crippen LogP contribution is 2.62. The predicted molar refractivity (Wildman–Crippen MR) is 73.5 cm³/mol. The molecule has 0 fully saturated rings. The molecule has 1 unspecified atom stereocenters. The lowest BCUT2D eigenvalue weighted by atomic mass is 10.1. The van der Waals surface area contributed by atoms with E-state index >= 15 is 0 Å². The highest BCUT2D eigenvalue weighted by atomic mass is 35.7. The second kappa shape index (κ2) is 4.20. The SMILES string of the molecule is Cc1cc(C)c(P(=O)(Cl)C(C)(C)C)c(C)c1. The molecule has 1 aromatic carbocycles. The van der Waals surface area contributed by atoms with Gasteiger partial charge in [0.05, 0.1) is 0 Å². The van der Waals surface area contributed by atoms with Crippen LogP contribution in [0.3, 0.4) is 0 Å². The molecule has 3 heteroatoms. The fourth-order valence-electron chi connectivity index (χ4n) is 1.96. The fraction of sp³-hybridized carbons (Fsp3) is 0.538. The second-order valence-corrected chi connectivity index (χ2v) is 9.73. The Hall–Kier alpha value is -0.260. The Morgan fingerprint density at radius 1 is 1.06 bits per heavy atom. The molecule has 0 radical (unpaired) electrons. The van der Waals surface area contributed by atoms with Gasteiger partial charge in [-0.3, -0.25) is 0 Å². The van der Waals surface area contributed by atoms with Gasteiger partial charge in [0.25, 0.3) is 0 Å². The Labute approximate surface area is 103 Å². The molecule has 0 aliphatic rings. The molecular formula is C13H20ClOP. The molecule has 0 saturated carbocycles. The van der Waals surface area contributed by atoms with Gasteiger partial charge in [-0.05, 0) is 43.1 Å². The number of halogens is 1. The topological polar surface area (TPSA) is 17.1 Å². The first kappa shape index (κ1) is 13.8. The third-order valence-corrected chi connectivity index (χ3v) is 7.82. The normalized spacial score (nSPS) is 15.9. The van der Waals surface area contributed by atoms with Gasteiger partial charge in [0.1, 0.15) is 0 Å². The zero-order valence-electron chi connectivity index (χ0n) is 10.9. The van der Waals surface area contributed by atoms with Crippen molar-refractivity contribution in [2.24, 2.45) is 0 Å². The van der Waals surface area contributed by atoms with Crippen molar-refractivity contribution >= 4 is 23.0 Å². The van der Waals surface area contributed by atoms with Gasteiger partial charge in [-0.2, -0.15) is 0 Å². The highest BCUT2D eigenvalue weighted by molar-refractivity contribution is 7.96. The standard InChI is InChI=1S/C13H20ClOP/c1-9-7-10(2)12(11(3)8-9)16(14,15)13(4,5)6/h7-8H,1-6H3. The van der Waals surface area contributed by atoms with Crippen LogP contribution in [-0.4, -0.2) is 5.16 Å². The van der Waals surface area contributed by atoms with Gasteiger partial charge in [-0.15, -0.1) is 0 Å². The van der Waals surface area contributed by atoms with E-state index in [1.54, 1.807) is 0 Å². The molecule has 0 spiro atoms. The van der Waals surface area contributed by atoms with E-state index in [1.165, 1.54) is 5.56 Å². The van der Waals surface area contributed by atoms with E-state index in [4.69, 9.17) is 11.2 Å². The third-order valence-electron chi connectivity index (χ3n) is 2.79. The lowest BCUT2D eigenvalue weighted by Gasteiger charge is -2.28. The van der Waals surface area contributed by atoms with Gasteiger partial charge in [0.2, 0.25) is 6.49 Å². The van der Waals surface area contributed by atoms with Crippen LogP contribution >= 0.6 is 17.7 Å². The van der Waals surface area contributed by atoms with E-state index in [0.717, 1.165) is 16.4 Å². The van der Waals surface area contributed by atoms with Crippen LogP contribution < -0.4 is 5.30 Å². The molecule has 0 amide bonds. The zero-order chi connectivity index (χ0) is 12.7. The fourth-order valence-corrected chi connectivity index (χ4v) is 4.47. The van der Waals surface area contributed by atoms with Gasteiger partial charge < -0.3 is 4.57 Å². The molecule has 0 aliphatic heterocycles. The minimum Gasteiger partial charge on any atom is -0.301 e. The number of hydrogen-bond acceptors (Lipinski definition) is 1. The largest absolute Gasteiger partial charge is 0.301 e. The first-order chi connectivity index (χ1) is 7.07. The first-order valence-electron chi connectivity index (χ1n) is 5.45. The van der Waals surface area contributed by atoms with Gasteiger partial charge >= 0.3 is 0 Å². The van der Waals surface area contributed by atoms with E-state index < -0.39 is 11.7 Å². The number of hydrogen-bond donors (Lipinski definition) is 0. The third kappa shape index (κ3) is 2.36. The Bertz CT molecular complexity index is 434. The van der Waals surface area contributed by atoms with E-state index in [0.29, 0.717) is 0 Å². The molecule has 0 N–H and O–H groups in total. The Balaban J connectivity index is 3.52. The average molecular weight is 259 g/mol. The summed E-state index contributed by atoms with van der Waals surface area (Å²) >= 11 is 6.36. The molecule has 0 heterocycles. The molecule has 1 nitrogen and oxygen atoms in total. The lowest BCUT2D eigenvalue weighted by Crippen LogP contribution is -2.23. The summed E-state index contributed by atoms with van der Waals surface area (Å²) in [6, 6.07) is 4.09. The van der Waals surface area contributed by atoms with Crippen molar-refractivity contribution in [2.75, 3.05) is 0 Å². The molecule has 90 valence electrons. The van der Waals surface area contributed by atoms with Gasteiger partial charge in [-0.25, -0.2) is 0 Å². The first-order valence-corrected chi connectivity index (χ1v) is 8.07. The summed E-state index contributed by atoms with van der Waals surface area (Å²) in [5.41, 5.74) is 3.25. The van der Waals surface area contributed by atoms with Crippen molar-refractivity contribution in [3.8, 4) is 0 Å². The summed E-state index contributed by atoms with van der Waals surface area (Å²) in [4.78, 5) is 0. The quantitative estimate of drug-likeness (QED) is 0.675. The summed E-state index contributed by atoms with van der Waals surface area (Å²) in [5, 5.41) is 0.437. The van der Waals surface area contributed by atoms with E-state index in [1.807, 2.05) is 53.7 Å². The molecule has 16 heavy (non-hydrogen) atoms. The van der Waals surface area contributed by atoms with Gasteiger partial charge in [-0.1, -0.05) is 38.5 Å². The molecule has 0 saturated heterocycles. The number of benzene rings is 1. The van der Waals surface area contributed by atoms with Crippen LogP contribution in [0, 0.1) is 20.8 Å². The maximum absolute atomic E-state index is 12.8. The second-order valence-electron chi connectivity index (χ2n) is 5.45. The molecule has 0 aromatic heterocycles. The summed E-state index contributed by atoms with van der Waals surface area (Å²) in [6.07, 6.45) is 0. The van der Waals surface area contributed by atoms with Crippen molar-refractivity contribution < 1.29 is 4.57 Å². The minimum absolute atomic E-state index is 0.403. The average Bonchev–Trinajstić information content (AvgIpc) is 1.97. The van der Waals surface area contributed by atoms with Crippen molar-refractivity contribution in [3.63, 3.8) is 0 Å². The van der Waals surface area contributed by atoms with E-state index in [9.17, 15) is 4.57 Å². The van der Waals surface area contributed by atoms with E-state index in [2.05, 4.69) is 0 Å². The van der Waals surface area contributed by atoms with Crippen LogP contribution in [0.15, 0.2) is 12.1 Å². The molecule has 1 rings (SSSR count). The van der Waals surface area contributed by atoms with Crippen molar-refractivity contribution in [1.29, 1.82) is 0 Å². The number of rotatable bonds is 1. The summed E-state index contributed by atoms with van der Waals surface area (Å²) in [6.45, 7) is 8.94. The lowest BCUT2D eigenvalue weighted by molar-refractivity contribution is 0.567. The molecule has 1 atom stereocenters. The summed E-state index contributed by atoms with van der Waals surface area (Å²) in [5.74, 6) is 0. The molecule has 0 aliphatic carbocycles. The van der Waals surface area contributed by atoms with Crippen LogP contribution in [0.1, 0.15) is 37.5 Å². The van der Waals surface area contributed by atoms with Crippen LogP contribution in [-0.2, 0) is 4.57 Å². The van der Waals surface area contributed by atoms with Gasteiger partial charge in [0, 0.05) is 10.5 Å². The van der Waals surface area contributed by atoms with Crippen LogP contribution in [0.25, 0.3) is 0 Å². The maximum Gasteiger partial charge on any atom is 0.203 e. The van der Waals surface area contributed by atoms with E-state index in [-0.39, 0.29) is 0 Å². The number of aryl methyl sites for hydroxylation is 3. The highest BCUT2D eigenvalue weighted by Gasteiger charge is 2.38. The smallest absolute Gasteiger partial charge is 0.203 e. The minimum atomic E-state index is -2.85. The Morgan fingerprint density at radius 3 is 1.75 bits per heavy atom. The van der Waals surface area contributed by atoms with Gasteiger partial charge in [0.15, 0.2) is 0 Å². The summed E-state index contributed by atoms with van der Waals surface area (Å²) < 4.78 is 12.8. The summed E-state index contributed by atoms with van der Waals surface area (Å²) in [7, 11) is 0. The van der Waals surface area contributed by atoms with Crippen LogP contribution in [0.2, 0.25) is 0 Å². The van der Waals surface area contributed by atoms with Crippen LogP contribution in [0.4, 0.5) is 0 Å². The molecule has 0 bridgehead atoms. The monoisotopic (exact) mass is 258 g/mol. The molecule has 1 aromatic rings. The molecular weight excluding hydrogens is 239 g/mol. The maximum atomic E-state index is 12.8. The Morgan fingerprint density at radius 2 is 1.44 bits per heavy atom. The Kier molecular flexibility index (Phi) is 3.62. The predicted octanol–water partition coefficient (Wildman–Crippen LogP) is 4.55. The van der Waals surface area contributed by atoms with Crippen LogP contribution in [0.5, 0.6) is 0 Å².